The molecule has 2 aromatic carbocycles. The number of carbonyl (C=O) groups is 4. The van der Waals surface area contributed by atoms with Crippen molar-refractivity contribution < 1.29 is 64.8 Å². The number of carboxylic acid groups (broad SMARTS) is 2. The fourth-order valence-electron chi connectivity index (χ4n) is 2.78. The predicted molar refractivity (Wildman–Crippen MR) is 156 cm³/mol. The van der Waals surface area contributed by atoms with Crippen LogP contribution in [0.25, 0.3) is 0 Å². The summed E-state index contributed by atoms with van der Waals surface area (Å²) in [7, 11) is -9.34. The van der Waals surface area contributed by atoms with Gasteiger partial charge in [-0.2, -0.15) is 16.8 Å². The number of rotatable bonds is 8. The normalized spacial score (nSPS) is 13.2. The Morgan fingerprint density at radius 2 is 0.844 bits per heavy atom. The van der Waals surface area contributed by atoms with Crippen LogP contribution >= 0.6 is 0 Å². The van der Waals surface area contributed by atoms with E-state index in [2.05, 4.69) is 0 Å². The summed E-state index contributed by atoms with van der Waals surface area (Å²) in [6.07, 6.45) is -0.999. The van der Waals surface area contributed by atoms with Gasteiger partial charge >= 0.3 is 60.8 Å². The fourth-order valence-corrected chi connectivity index (χ4v) is 3.88. The van der Waals surface area contributed by atoms with Gasteiger partial charge in [-0.15, -0.1) is 0 Å². The van der Waals surface area contributed by atoms with Crippen LogP contribution in [0.1, 0.15) is 96.8 Å². The van der Waals surface area contributed by atoms with Gasteiger partial charge in [0.25, 0.3) is 20.2 Å². The minimum Gasteiger partial charge on any atom is -0.545 e. The Hall–Kier alpha value is -2.29. The van der Waals surface area contributed by atoms with Gasteiger partial charge < -0.3 is 29.3 Å². The molecular weight excluding hydrogens is 762 g/mol. The molecule has 0 aliphatic carbocycles. The van der Waals surface area contributed by atoms with E-state index >= 15 is 0 Å². The Morgan fingerprint density at radius 3 is 1.04 bits per heavy atom. The van der Waals surface area contributed by atoms with E-state index in [9.17, 15) is 46.2 Å². The van der Waals surface area contributed by atoms with Gasteiger partial charge in [0.05, 0.1) is 32.9 Å². The van der Waals surface area contributed by atoms with Crippen LogP contribution in [0, 0.1) is 10.8 Å². The van der Waals surface area contributed by atoms with E-state index in [1.54, 1.807) is 13.8 Å². The molecule has 0 spiro atoms. The van der Waals surface area contributed by atoms with Gasteiger partial charge in [0.1, 0.15) is 12.2 Å². The first-order valence-electron chi connectivity index (χ1n) is 12.7. The summed E-state index contributed by atoms with van der Waals surface area (Å²) in [5, 5.41) is 21.8. The second-order valence-electron chi connectivity index (χ2n) is 11.8. The van der Waals surface area contributed by atoms with Crippen LogP contribution in [-0.4, -0.2) is 111 Å². The van der Waals surface area contributed by atoms with Crippen LogP contribution in [0.3, 0.4) is 0 Å². The minimum absolute atomic E-state index is 0. The average Bonchev–Trinajstić information content (AvgIpc) is 2.86. The number of carboxylic acids is 2. The second-order valence-corrected chi connectivity index (χ2v) is 14.7. The van der Waals surface area contributed by atoms with Gasteiger partial charge in [0.2, 0.25) is 0 Å². The molecule has 17 heteroatoms. The summed E-state index contributed by atoms with van der Waals surface area (Å²) in [6.45, 7) is 14.4. The topological polar surface area (TPSA) is 242 Å². The summed E-state index contributed by atoms with van der Waals surface area (Å²) in [6, 6.07) is 4.96. The summed E-state index contributed by atoms with van der Waals surface area (Å²) < 4.78 is 73.0. The Balaban J connectivity index is 0.000000842. The zero-order valence-electron chi connectivity index (χ0n) is 25.9. The molecule has 0 aliphatic rings. The van der Waals surface area contributed by atoms with Gasteiger partial charge in [-0.25, -0.2) is 9.59 Å². The zero-order chi connectivity index (χ0) is 34.6. The molecule has 2 aromatic rings. The molecule has 0 saturated heterocycles. The van der Waals surface area contributed by atoms with Gasteiger partial charge in [-0.1, -0.05) is 41.5 Å². The van der Waals surface area contributed by atoms with Crippen molar-refractivity contribution >= 4 is 93.0 Å². The van der Waals surface area contributed by atoms with Gasteiger partial charge in [-0.3, -0.25) is 9.11 Å². The molecule has 0 bridgehead atoms. The van der Waals surface area contributed by atoms with Crippen molar-refractivity contribution in [2.75, 3.05) is 0 Å². The number of ether oxygens (including phenoxy) is 2. The number of aromatic carboxylic acids is 2. The van der Waals surface area contributed by atoms with Crippen molar-refractivity contribution in [2.24, 2.45) is 10.8 Å². The first-order valence-corrected chi connectivity index (χ1v) is 15.6. The van der Waals surface area contributed by atoms with Crippen molar-refractivity contribution in [3.05, 3.63) is 58.7 Å². The van der Waals surface area contributed by atoms with Crippen LogP contribution in [-0.2, 0) is 29.7 Å². The van der Waals surface area contributed by atoms with Crippen molar-refractivity contribution in [1.29, 1.82) is 0 Å². The largest absolute Gasteiger partial charge is 2.00 e. The predicted octanol–water partition coefficient (Wildman–Crippen LogP) is 1.40. The Morgan fingerprint density at radius 1 is 0.600 bits per heavy atom. The molecule has 45 heavy (non-hydrogen) atoms. The zero-order valence-corrected chi connectivity index (χ0v) is 32.0. The molecule has 2 unspecified atom stereocenters. The summed E-state index contributed by atoms with van der Waals surface area (Å²) in [5.41, 5.74) is -2.41. The maximum absolute atomic E-state index is 12.0. The molecule has 0 radical (unpaired) electrons. The first-order chi connectivity index (χ1) is 19.6. The van der Waals surface area contributed by atoms with E-state index in [1.807, 2.05) is 41.5 Å². The second kappa shape index (κ2) is 16.0. The van der Waals surface area contributed by atoms with E-state index in [0.29, 0.717) is 12.1 Å². The van der Waals surface area contributed by atoms with Crippen LogP contribution < -0.4 is 10.2 Å². The average molecular weight is 796 g/mol. The standard InChI is InChI=1S/2C14H18O7S.Ba/c2*1-8(14(2,3)4)21-13(17)10-5-9(12(15)16)6-11(7-10)22(18,19)20;/h2*5-8H,1-4H3,(H,15,16)(H,18,19,20);/q;;+2/p-2. The summed E-state index contributed by atoms with van der Waals surface area (Å²) in [5.74, 6) is -5.14. The van der Waals surface area contributed by atoms with Crippen LogP contribution in [0.4, 0.5) is 0 Å². The van der Waals surface area contributed by atoms with Gasteiger partial charge in [-0.05, 0) is 72.2 Å². The Bertz CT molecular complexity index is 1530. The van der Waals surface area contributed by atoms with Gasteiger partial charge in [0, 0.05) is 0 Å². The quantitative estimate of drug-likeness (QED) is 0.218. The Labute approximate surface area is 302 Å². The molecular formula is C28H34BaO14S2. The molecule has 0 heterocycles. The Kier molecular flexibility index (Phi) is 15.2. The molecule has 2 atom stereocenters. The third-order valence-electron chi connectivity index (χ3n) is 6.36. The number of hydrogen-bond donors (Lipinski definition) is 2. The third-order valence-corrected chi connectivity index (χ3v) is 8.02. The number of benzene rings is 2. The van der Waals surface area contributed by atoms with Crippen LogP contribution in [0.2, 0.25) is 0 Å². The van der Waals surface area contributed by atoms with Crippen molar-refractivity contribution in [3.8, 4) is 0 Å². The number of esters is 2. The van der Waals surface area contributed by atoms with E-state index in [-0.39, 0.29) is 70.8 Å². The molecule has 0 saturated carbocycles. The van der Waals surface area contributed by atoms with E-state index in [1.165, 1.54) is 0 Å². The fraction of sp³-hybridized carbons (Fsp3) is 0.429. The minimum atomic E-state index is -4.67. The monoisotopic (exact) mass is 796 g/mol. The smallest absolute Gasteiger partial charge is 0.545 e. The number of hydrogen-bond acceptors (Lipinski definition) is 12. The molecule has 0 aliphatic heterocycles. The molecule has 0 aromatic heterocycles. The van der Waals surface area contributed by atoms with Crippen molar-refractivity contribution in [2.45, 2.75) is 77.4 Å². The molecule has 2 rings (SSSR count). The summed E-state index contributed by atoms with van der Waals surface area (Å²) in [4.78, 5) is 44.4. The van der Waals surface area contributed by atoms with Crippen LogP contribution in [0.5, 0.6) is 0 Å². The SMILES string of the molecule is CC(OC(=O)c1cc(C(=O)[O-])cc(S(=O)(=O)O)c1)C(C)(C)C.CC(OC(=O)c1cc(C(=O)[O-])cc(S(=O)(=O)O)c1)C(C)(C)C.[Ba+2]. The first kappa shape index (κ1) is 42.7. The molecule has 0 fully saturated rings. The third kappa shape index (κ3) is 13.5. The summed E-state index contributed by atoms with van der Waals surface area (Å²) >= 11 is 0. The van der Waals surface area contributed by atoms with E-state index in [0.717, 1.165) is 24.3 Å². The molecule has 0 amide bonds. The maximum atomic E-state index is 12.0. The molecule has 2 N–H and O–H groups in total. The van der Waals surface area contributed by atoms with Crippen LogP contribution in [0.15, 0.2) is 46.2 Å². The van der Waals surface area contributed by atoms with E-state index in [4.69, 9.17) is 18.6 Å². The van der Waals surface area contributed by atoms with Crippen molar-refractivity contribution in [1.82, 2.24) is 0 Å². The molecule has 244 valence electrons. The van der Waals surface area contributed by atoms with Gasteiger partial charge in [0.15, 0.2) is 0 Å². The van der Waals surface area contributed by atoms with E-state index < -0.39 is 77.2 Å². The van der Waals surface area contributed by atoms with Crippen molar-refractivity contribution in [3.63, 3.8) is 0 Å². The molecule has 14 nitrogen and oxygen atoms in total. The maximum Gasteiger partial charge on any atom is 2.00 e. The number of carbonyl (C=O) groups excluding carboxylic acids is 4.